The van der Waals surface area contributed by atoms with Crippen molar-refractivity contribution in [3.05, 3.63) is 60.0 Å². The van der Waals surface area contributed by atoms with Gasteiger partial charge in [0.1, 0.15) is 7.05 Å². The fourth-order valence-electron chi connectivity index (χ4n) is 4.42. The number of fused-ring (bicyclic) bond motifs is 1. The van der Waals surface area contributed by atoms with Crippen molar-refractivity contribution in [2.75, 3.05) is 0 Å². The Morgan fingerprint density at radius 3 is 2.58 bits per heavy atom. The zero-order valence-electron chi connectivity index (χ0n) is 16.4. The Labute approximate surface area is 157 Å². The summed E-state index contributed by atoms with van der Waals surface area (Å²) < 4.78 is 2.22. The molecule has 1 aliphatic heterocycles. The molecule has 0 bridgehead atoms. The predicted molar refractivity (Wildman–Crippen MR) is 112 cm³/mol. The van der Waals surface area contributed by atoms with Gasteiger partial charge >= 0.3 is 0 Å². The largest absolute Gasteiger partial charge is 0.264 e. The van der Waals surface area contributed by atoms with E-state index in [-0.39, 0.29) is 0 Å². The van der Waals surface area contributed by atoms with E-state index in [4.69, 9.17) is 0 Å². The van der Waals surface area contributed by atoms with Gasteiger partial charge in [0.15, 0.2) is 6.20 Å². The van der Waals surface area contributed by atoms with Gasteiger partial charge in [-0.25, -0.2) is 4.57 Å². The molecule has 4 rings (SSSR count). The Bertz CT molecular complexity index is 952. The van der Waals surface area contributed by atoms with E-state index in [0.717, 1.165) is 5.92 Å². The first kappa shape index (κ1) is 17.4. The average Bonchev–Trinajstić information content (AvgIpc) is 2.62. The van der Waals surface area contributed by atoms with E-state index < -0.39 is 8.07 Å². The van der Waals surface area contributed by atoms with Gasteiger partial charge in [0.25, 0.3) is 0 Å². The van der Waals surface area contributed by atoms with E-state index in [1.165, 1.54) is 58.1 Å². The quantitative estimate of drug-likeness (QED) is 0.427. The number of rotatable bonds is 2. The molecule has 1 aromatic carbocycles. The molecule has 3 heteroatoms. The van der Waals surface area contributed by atoms with Crippen molar-refractivity contribution >= 4 is 18.8 Å². The molecule has 1 fully saturated rings. The lowest BCUT2D eigenvalue weighted by Crippen LogP contribution is -2.31. The van der Waals surface area contributed by atoms with Crippen LogP contribution >= 0.6 is 0 Å². The zero-order valence-corrected chi connectivity index (χ0v) is 17.4. The second-order valence-corrected chi connectivity index (χ2v) is 14.1. The molecule has 0 aliphatic carbocycles. The summed E-state index contributed by atoms with van der Waals surface area (Å²) in [7, 11) is 1.23. The first-order chi connectivity index (χ1) is 12.4. The standard InChI is InChI=1S/C23H29N2Si/c1-17-7-11-24-16-22(17)23-21-6-5-19(15-20(21)8-12-25(23)2)18-9-13-26(3,4)14-10-18/h5-8,11-12,15-16,18H,9-10,13-14H2,1-4H3/q+1. The SMILES string of the molecule is Cc1ccncc1-c1c2ccc(C3CC[Si](C)(C)CC3)cc2cc[n+]1C. The van der Waals surface area contributed by atoms with E-state index in [9.17, 15) is 0 Å². The number of hydrogen-bond acceptors (Lipinski definition) is 1. The molecule has 3 heterocycles. The normalized spacial score (nSPS) is 17.5. The molecule has 1 saturated heterocycles. The zero-order chi connectivity index (χ0) is 18.3. The van der Waals surface area contributed by atoms with Crippen molar-refractivity contribution in [3.63, 3.8) is 0 Å². The van der Waals surface area contributed by atoms with Crippen LogP contribution in [-0.4, -0.2) is 13.1 Å². The van der Waals surface area contributed by atoms with Crippen LogP contribution in [-0.2, 0) is 7.05 Å². The lowest BCUT2D eigenvalue weighted by Gasteiger charge is -2.33. The van der Waals surface area contributed by atoms with Crippen LogP contribution in [0.5, 0.6) is 0 Å². The Balaban J connectivity index is 1.77. The van der Waals surface area contributed by atoms with E-state index in [2.05, 4.69) is 73.1 Å². The van der Waals surface area contributed by atoms with Crippen LogP contribution in [0, 0.1) is 6.92 Å². The monoisotopic (exact) mass is 361 g/mol. The Hall–Kier alpha value is -2.00. The number of hydrogen-bond donors (Lipinski definition) is 0. The van der Waals surface area contributed by atoms with Gasteiger partial charge in [-0.15, -0.1) is 0 Å². The molecule has 0 saturated carbocycles. The van der Waals surface area contributed by atoms with Crippen molar-refractivity contribution in [1.82, 2.24) is 4.98 Å². The molecular weight excluding hydrogens is 332 g/mol. The number of nitrogens with zero attached hydrogens (tertiary/aromatic N) is 2. The predicted octanol–water partition coefficient (Wildman–Crippen LogP) is 5.62. The van der Waals surface area contributed by atoms with Gasteiger partial charge in [-0.3, -0.25) is 4.98 Å². The van der Waals surface area contributed by atoms with Gasteiger partial charge in [0.05, 0.1) is 10.9 Å². The second-order valence-electron chi connectivity index (χ2n) is 8.75. The van der Waals surface area contributed by atoms with Crippen LogP contribution < -0.4 is 4.57 Å². The van der Waals surface area contributed by atoms with Gasteiger partial charge < -0.3 is 0 Å². The van der Waals surface area contributed by atoms with Crippen molar-refractivity contribution in [3.8, 4) is 11.3 Å². The lowest BCUT2D eigenvalue weighted by atomic mass is 9.91. The van der Waals surface area contributed by atoms with Crippen molar-refractivity contribution in [2.45, 2.75) is 50.9 Å². The first-order valence-corrected chi connectivity index (χ1v) is 13.2. The summed E-state index contributed by atoms with van der Waals surface area (Å²) in [5.74, 6) is 0.748. The van der Waals surface area contributed by atoms with Crippen LogP contribution in [0.25, 0.3) is 22.0 Å². The summed E-state index contributed by atoms with van der Waals surface area (Å²) in [6, 6.07) is 14.5. The van der Waals surface area contributed by atoms with Crippen LogP contribution in [0.15, 0.2) is 48.9 Å². The maximum absolute atomic E-state index is 4.36. The third kappa shape index (κ3) is 3.21. The maximum Gasteiger partial charge on any atom is 0.221 e. The highest BCUT2D eigenvalue weighted by Crippen LogP contribution is 2.39. The minimum Gasteiger partial charge on any atom is -0.264 e. The third-order valence-corrected chi connectivity index (χ3v) is 9.55. The summed E-state index contributed by atoms with van der Waals surface area (Å²) >= 11 is 0. The first-order valence-electron chi connectivity index (χ1n) is 9.78. The Morgan fingerprint density at radius 2 is 1.85 bits per heavy atom. The molecule has 134 valence electrons. The molecule has 0 radical (unpaired) electrons. The molecule has 2 nitrogen and oxygen atoms in total. The van der Waals surface area contributed by atoms with E-state index in [0.29, 0.717) is 0 Å². The molecule has 0 atom stereocenters. The molecule has 26 heavy (non-hydrogen) atoms. The molecule has 0 spiro atoms. The lowest BCUT2D eigenvalue weighted by molar-refractivity contribution is -0.659. The maximum atomic E-state index is 4.36. The highest BCUT2D eigenvalue weighted by molar-refractivity contribution is 6.77. The van der Waals surface area contributed by atoms with E-state index in [1.54, 1.807) is 0 Å². The fraction of sp³-hybridized carbons (Fsp3) is 0.391. The van der Waals surface area contributed by atoms with Crippen molar-refractivity contribution < 1.29 is 4.57 Å². The summed E-state index contributed by atoms with van der Waals surface area (Å²) in [5.41, 5.74) is 5.28. The van der Waals surface area contributed by atoms with Gasteiger partial charge in [-0.05, 0) is 54.3 Å². The van der Waals surface area contributed by atoms with Crippen LogP contribution in [0.2, 0.25) is 25.2 Å². The number of benzene rings is 1. The second kappa shape index (κ2) is 6.62. The van der Waals surface area contributed by atoms with Gasteiger partial charge in [0.2, 0.25) is 5.69 Å². The van der Waals surface area contributed by atoms with Crippen molar-refractivity contribution in [1.29, 1.82) is 0 Å². The van der Waals surface area contributed by atoms with Gasteiger partial charge in [0, 0.05) is 26.5 Å². The smallest absolute Gasteiger partial charge is 0.221 e. The number of pyridine rings is 2. The van der Waals surface area contributed by atoms with Crippen molar-refractivity contribution in [2.24, 2.45) is 7.05 Å². The topological polar surface area (TPSA) is 16.8 Å². The molecule has 3 aromatic rings. The summed E-state index contributed by atoms with van der Waals surface area (Å²) in [6.45, 7) is 7.26. The third-order valence-electron chi connectivity index (χ3n) is 6.27. The minimum absolute atomic E-state index is 0.748. The van der Waals surface area contributed by atoms with Crippen LogP contribution in [0.1, 0.15) is 29.9 Å². The molecule has 2 aromatic heterocycles. The van der Waals surface area contributed by atoms with Crippen LogP contribution in [0.3, 0.4) is 0 Å². The molecular formula is C23H29N2Si+. The summed E-state index contributed by atoms with van der Waals surface area (Å²) in [4.78, 5) is 4.36. The molecule has 1 aliphatic rings. The number of aromatic nitrogens is 2. The highest BCUT2D eigenvalue weighted by Gasteiger charge is 2.29. The fourth-order valence-corrected chi connectivity index (χ4v) is 6.93. The summed E-state index contributed by atoms with van der Waals surface area (Å²) in [6.07, 6.45) is 8.80. The Morgan fingerprint density at radius 1 is 1.08 bits per heavy atom. The molecule has 0 amide bonds. The van der Waals surface area contributed by atoms with Gasteiger partial charge in [-0.1, -0.05) is 37.3 Å². The van der Waals surface area contributed by atoms with Gasteiger partial charge in [-0.2, -0.15) is 0 Å². The summed E-state index contributed by atoms with van der Waals surface area (Å²) in [5, 5.41) is 2.67. The highest BCUT2D eigenvalue weighted by atomic mass is 28.3. The molecule has 0 N–H and O–H groups in total. The Kier molecular flexibility index (Phi) is 4.43. The van der Waals surface area contributed by atoms with E-state index in [1.807, 2.05) is 12.4 Å². The van der Waals surface area contributed by atoms with Crippen LogP contribution in [0.4, 0.5) is 0 Å². The molecule has 0 unspecified atom stereocenters. The number of aryl methyl sites for hydroxylation is 2. The minimum atomic E-state index is -0.896. The van der Waals surface area contributed by atoms with E-state index >= 15 is 0 Å². The average molecular weight is 362 g/mol.